The Hall–Kier alpha value is -2.48. The number of carbonyl (C=O) groups is 1. The van der Waals surface area contributed by atoms with Crippen molar-refractivity contribution < 1.29 is 4.79 Å². The third-order valence-electron chi connectivity index (χ3n) is 4.45. The van der Waals surface area contributed by atoms with Crippen LogP contribution in [0.3, 0.4) is 0 Å². The van der Waals surface area contributed by atoms with Gasteiger partial charge in [0.15, 0.2) is 11.5 Å². The van der Waals surface area contributed by atoms with Gasteiger partial charge in [0, 0.05) is 26.2 Å². The summed E-state index contributed by atoms with van der Waals surface area (Å²) in [5.74, 6) is 1.81. The molecular weight excluding hydrogens is 336 g/mol. The van der Waals surface area contributed by atoms with E-state index in [0.717, 1.165) is 53.8 Å². The van der Waals surface area contributed by atoms with Crippen LogP contribution in [0.4, 0.5) is 5.82 Å². The van der Waals surface area contributed by atoms with Gasteiger partial charge in [-0.15, -0.1) is 26.6 Å². The predicted molar refractivity (Wildman–Crippen MR) is 97.3 cm³/mol. The van der Waals surface area contributed by atoms with Crippen LogP contribution in [0.1, 0.15) is 27.5 Å². The van der Waals surface area contributed by atoms with Crippen molar-refractivity contribution in [2.24, 2.45) is 0 Å². The molecule has 4 heterocycles. The first-order valence-electron chi connectivity index (χ1n) is 8.40. The van der Waals surface area contributed by atoms with Crippen LogP contribution in [-0.2, 0) is 0 Å². The van der Waals surface area contributed by atoms with Gasteiger partial charge in [-0.1, -0.05) is 0 Å². The number of anilines is 1. The molecule has 1 amide bonds. The highest BCUT2D eigenvalue weighted by Crippen LogP contribution is 2.19. The fourth-order valence-electron chi connectivity index (χ4n) is 3.10. The Balaban J connectivity index is 1.50. The number of aromatic nitrogens is 4. The van der Waals surface area contributed by atoms with Gasteiger partial charge in [-0.25, -0.2) is 0 Å². The number of nitrogens with zero attached hydrogens (tertiary/aromatic N) is 6. The van der Waals surface area contributed by atoms with Crippen LogP contribution in [0.5, 0.6) is 0 Å². The minimum absolute atomic E-state index is 0.137. The largest absolute Gasteiger partial charge is 0.353 e. The molecule has 4 rings (SSSR count). The molecule has 1 aliphatic heterocycles. The van der Waals surface area contributed by atoms with Crippen molar-refractivity contribution in [3.05, 3.63) is 39.8 Å². The van der Waals surface area contributed by atoms with Crippen molar-refractivity contribution in [3.8, 4) is 0 Å². The van der Waals surface area contributed by atoms with Gasteiger partial charge >= 0.3 is 0 Å². The molecule has 0 aliphatic carbocycles. The maximum absolute atomic E-state index is 12.7. The lowest BCUT2D eigenvalue weighted by Crippen LogP contribution is -2.35. The molecule has 7 nitrogen and oxygen atoms in total. The summed E-state index contributed by atoms with van der Waals surface area (Å²) in [5, 5.41) is 14.8. The van der Waals surface area contributed by atoms with E-state index in [1.807, 2.05) is 42.3 Å². The lowest BCUT2D eigenvalue weighted by Gasteiger charge is -2.22. The first-order valence-corrected chi connectivity index (χ1v) is 9.28. The van der Waals surface area contributed by atoms with Gasteiger partial charge in [0.1, 0.15) is 5.82 Å². The van der Waals surface area contributed by atoms with Crippen molar-refractivity contribution in [1.82, 2.24) is 24.7 Å². The Morgan fingerprint density at radius 1 is 1.12 bits per heavy atom. The quantitative estimate of drug-likeness (QED) is 0.704. The Kier molecular flexibility index (Phi) is 4.12. The summed E-state index contributed by atoms with van der Waals surface area (Å²) in [7, 11) is 0. The Labute approximate surface area is 149 Å². The number of aryl methyl sites for hydroxylation is 2. The summed E-state index contributed by atoms with van der Waals surface area (Å²) in [6.07, 6.45) is 0.928. The molecule has 0 aromatic carbocycles. The molecule has 0 unspecified atom stereocenters. The second kappa shape index (κ2) is 6.44. The van der Waals surface area contributed by atoms with E-state index in [4.69, 9.17) is 0 Å². The van der Waals surface area contributed by atoms with E-state index in [2.05, 4.69) is 20.2 Å². The number of hydrogen-bond acceptors (Lipinski definition) is 6. The van der Waals surface area contributed by atoms with Crippen LogP contribution in [-0.4, -0.2) is 56.8 Å². The number of carbonyl (C=O) groups excluding carboxylic acids is 1. The lowest BCUT2D eigenvalue weighted by atomic mass is 10.3. The van der Waals surface area contributed by atoms with Crippen molar-refractivity contribution in [3.63, 3.8) is 0 Å². The molecule has 25 heavy (non-hydrogen) atoms. The summed E-state index contributed by atoms with van der Waals surface area (Å²) in [6.45, 7) is 7.05. The molecular formula is C17H20N6OS. The lowest BCUT2D eigenvalue weighted by molar-refractivity contribution is 0.0772. The van der Waals surface area contributed by atoms with Crippen molar-refractivity contribution in [2.45, 2.75) is 20.3 Å². The van der Waals surface area contributed by atoms with Crippen molar-refractivity contribution >= 4 is 28.7 Å². The molecule has 1 fully saturated rings. The number of rotatable bonds is 2. The maximum atomic E-state index is 12.7. The monoisotopic (exact) mass is 356 g/mol. The zero-order valence-electron chi connectivity index (χ0n) is 14.3. The van der Waals surface area contributed by atoms with Gasteiger partial charge in [0.25, 0.3) is 5.91 Å². The van der Waals surface area contributed by atoms with E-state index in [9.17, 15) is 4.79 Å². The van der Waals surface area contributed by atoms with Crippen LogP contribution >= 0.6 is 11.3 Å². The minimum Gasteiger partial charge on any atom is -0.353 e. The molecule has 3 aromatic heterocycles. The third-order valence-corrected chi connectivity index (χ3v) is 5.49. The summed E-state index contributed by atoms with van der Waals surface area (Å²) in [4.78, 5) is 17.7. The molecule has 8 heteroatoms. The van der Waals surface area contributed by atoms with E-state index in [1.165, 1.54) is 11.3 Å². The summed E-state index contributed by atoms with van der Waals surface area (Å²) >= 11 is 1.52. The Morgan fingerprint density at radius 2 is 2.00 bits per heavy atom. The second-order valence-corrected chi connectivity index (χ2v) is 7.24. The molecule has 0 saturated carbocycles. The smallest absolute Gasteiger partial charge is 0.263 e. The van der Waals surface area contributed by atoms with Gasteiger partial charge in [-0.05, 0) is 49.4 Å². The average molecular weight is 356 g/mol. The minimum atomic E-state index is 0.137. The zero-order valence-corrected chi connectivity index (χ0v) is 15.2. The van der Waals surface area contributed by atoms with E-state index in [0.29, 0.717) is 6.54 Å². The van der Waals surface area contributed by atoms with E-state index in [-0.39, 0.29) is 5.91 Å². The SMILES string of the molecule is Cc1csc(C(=O)N2CCCN(c3ccc4nnc(C)n4n3)CC2)c1. The summed E-state index contributed by atoms with van der Waals surface area (Å²) < 4.78 is 1.76. The molecule has 130 valence electrons. The van der Waals surface area contributed by atoms with Crippen molar-refractivity contribution in [1.29, 1.82) is 0 Å². The molecule has 0 N–H and O–H groups in total. The highest BCUT2D eigenvalue weighted by atomic mass is 32.1. The maximum Gasteiger partial charge on any atom is 0.263 e. The van der Waals surface area contributed by atoms with E-state index < -0.39 is 0 Å². The fraction of sp³-hybridized carbons (Fsp3) is 0.412. The molecule has 1 aliphatic rings. The topological polar surface area (TPSA) is 66.6 Å². The van der Waals surface area contributed by atoms with Gasteiger partial charge < -0.3 is 9.80 Å². The Bertz CT molecular complexity index is 917. The van der Waals surface area contributed by atoms with Gasteiger partial charge in [0.05, 0.1) is 4.88 Å². The second-order valence-electron chi connectivity index (χ2n) is 6.33. The third kappa shape index (κ3) is 3.09. The van der Waals surface area contributed by atoms with E-state index in [1.54, 1.807) is 4.52 Å². The number of hydrogen-bond donors (Lipinski definition) is 0. The van der Waals surface area contributed by atoms with Crippen LogP contribution in [0.2, 0.25) is 0 Å². The fourth-order valence-corrected chi connectivity index (χ4v) is 3.97. The number of amides is 1. The average Bonchev–Trinajstić information content (AvgIpc) is 3.12. The van der Waals surface area contributed by atoms with Crippen LogP contribution in [0.15, 0.2) is 23.6 Å². The molecule has 0 radical (unpaired) electrons. The zero-order chi connectivity index (χ0) is 17.4. The van der Waals surface area contributed by atoms with Crippen LogP contribution < -0.4 is 4.90 Å². The first-order chi connectivity index (χ1) is 12.1. The number of fused-ring (bicyclic) bond motifs is 1. The predicted octanol–water partition coefficient (Wildman–Crippen LogP) is 2.16. The van der Waals surface area contributed by atoms with Crippen LogP contribution in [0, 0.1) is 13.8 Å². The summed E-state index contributed by atoms with van der Waals surface area (Å²) in [6, 6.07) is 5.88. The summed E-state index contributed by atoms with van der Waals surface area (Å²) in [5.41, 5.74) is 1.90. The number of thiophene rings is 1. The standard InChI is InChI=1S/C17H20N6OS/c1-12-10-14(25-11-12)17(24)22-7-3-6-21(8-9-22)16-5-4-15-19-18-13(2)23(15)20-16/h4-5,10-11H,3,6-9H2,1-2H3. The van der Waals surface area contributed by atoms with Crippen LogP contribution in [0.25, 0.3) is 5.65 Å². The Morgan fingerprint density at radius 3 is 2.80 bits per heavy atom. The molecule has 0 atom stereocenters. The highest BCUT2D eigenvalue weighted by molar-refractivity contribution is 7.12. The van der Waals surface area contributed by atoms with Gasteiger partial charge in [-0.3, -0.25) is 4.79 Å². The first kappa shape index (κ1) is 16.0. The molecule has 0 bridgehead atoms. The van der Waals surface area contributed by atoms with Crippen molar-refractivity contribution in [2.75, 3.05) is 31.1 Å². The molecule has 1 saturated heterocycles. The van der Waals surface area contributed by atoms with E-state index >= 15 is 0 Å². The molecule has 3 aromatic rings. The highest BCUT2D eigenvalue weighted by Gasteiger charge is 2.22. The van der Waals surface area contributed by atoms with Gasteiger partial charge in [-0.2, -0.15) is 4.52 Å². The normalized spacial score (nSPS) is 15.6. The molecule has 0 spiro atoms. The van der Waals surface area contributed by atoms with Gasteiger partial charge in [0.2, 0.25) is 0 Å².